The van der Waals surface area contributed by atoms with Crippen molar-refractivity contribution in [1.82, 2.24) is 4.90 Å². The summed E-state index contributed by atoms with van der Waals surface area (Å²) in [4.78, 5) is 14.1. The lowest BCUT2D eigenvalue weighted by atomic mass is 9.94. The quantitative estimate of drug-likeness (QED) is 0.814. The lowest BCUT2D eigenvalue weighted by molar-refractivity contribution is 0.0668. The number of amides is 1. The van der Waals surface area contributed by atoms with Crippen LogP contribution in [0.4, 0.5) is 8.78 Å². The maximum atomic E-state index is 13.3. The summed E-state index contributed by atoms with van der Waals surface area (Å²) in [6.07, 6.45) is 2.85. The van der Waals surface area contributed by atoms with E-state index >= 15 is 0 Å². The van der Waals surface area contributed by atoms with E-state index in [1.807, 2.05) is 0 Å². The topological polar surface area (TPSA) is 46.3 Å². The molecule has 0 aromatic heterocycles. The molecule has 0 radical (unpaired) electrons. The molecule has 1 aromatic carbocycles. The van der Waals surface area contributed by atoms with E-state index < -0.39 is 11.6 Å². The first-order chi connectivity index (χ1) is 9.52. The van der Waals surface area contributed by atoms with Gasteiger partial charge in [0, 0.05) is 17.6 Å². The van der Waals surface area contributed by atoms with Gasteiger partial charge < -0.3 is 10.6 Å². The van der Waals surface area contributed by atoms with Crippen molar-refractivity contribution in [2.75, 3.05) is 19.6 Å². The molecule has 1 heterocycles. The highest BCUT2D eigenvalue weighted by molar-refractivity contribution is 9.10. The fourth-order valence-corrected chi connectivity index (χ4v) is 3.06. The Balaban J connectivity index is 0.00000220. The van der Waals surface area contributed by atoms with E-state index in [9.17, 15) is 13.6 Å². The molecule has 118 valence electrons. The smallest absolute Gasteiger partial charge is 0.255 e. The molecule has 21 heavy (non-hydrogen) atoms. The molecule has 0 bridgehead atoms. The summed E-state index contributed by atoms with van der Waals surface area (Å²) < 4.78 is 26.7. The number of hydrogen-bond acceptors (Lipinski definition) is 2. The number of halogens is 4. The normalized spacial score (nSPS) is 18.3. The van der Waals surface area contributed by atoms with Gasteiger partial charge >= 0.3 is 0 Å². The standard InChI is InChI=1S/C14H17BrF2N2O.ClH/c15-11-7-13(17)12(16)6-10(11)14(20)19-5-1-2-9(8-19)3-4-18;/h6-7,9H,1-5,8,18H2;1H. The number of likely N-dealkylation sites (tertiary alicyclic amines) is 1. The first-order valence-electron chi connectivity index (χ1n) is 6.66. The van der Waals surface area contributed by atoms with Crippen LogP contribution in [0, 0.1) is 17.6 Å². The fourth-order valence-electron chi connectivity index (χ4n) is 2.58. The molecular weight excluding hydrogens is 366 g/mol. The predicted molar refractivity (Wildman–Crippen MR) is 83.6 cm³/mol. The van der Waals surface area contributed by atoms with E-state index in [1.165, 1.54) is 0 Å². The molecule has 2 N–H and O–H groups in total. The Labute approximate surface area is 137 Å². The highest BCUT2D eigenvalue weighted by atomic mass is 79.9. The van der Waals surface area contributed by atoms with Crippen molar-refractivity contribution in [3.05, 3.63) is 33.8 Å². The zero-order valence-electron chi connectivity index (χ0n) is 11.4. The van der Waals surface area contributed by atoms with E-state index in [4.69, 9.17) is 5.73 Å². The Bertz CT molecular complexity index is 514. The molecule has 1 aromatic rings. The summed E-state index contributed by atoms with van der Waals surface area (Å²) in [5.74, 6) is -1.85. The molecule has 1 amide bonds. The average Bonchev–Trinajstić information content (AvgIpc) is 2.43. The van der Waals surface area contributed by atoms with Gasteiger partial charge in [-0.3, -0.25) is 4.79 Å². The maximum Gasteiger partial charge on any atom is 0.255 e. The average molecular weight is 384 g/mol. The lowest BCUT2D eigenvalue weighted by Gasteiger charge is -2.33. The van der Waals surface area contributed by atoms with E-state index in [2.05, 4.69) is 15.9 Å². The Morgan fingerprint density at radius 2 is 2.05 bits per heavy atom. The number of rotatable bonds is 3. The zero-order chi connectivity index (χ0) is 14.7. The largest absolute Gasteiger partial charge is 0.338 e. The van der Waals surface area contributed by atoms with Crippen LogP contribution < -0.4 is 5.73 Å². The first kappa shape index (κ1) is 18.3. The number of nitrogens with zero attached hydrogens (tertiary/aromatic N) is 1. The van der Waals surface area contributed by atoms with Crippen molar-refractivity contribution >= 4 is 34.2 Å². The van der Waals surface area contributed by atoms with Crippen LogP contribution in [0.15, 0.2) is 16.6 Å². The van der Waals surface area contributed by atoms with Gasteiger partial charge in [-0.2, -0.15) is 0 Å². The van der Waals surface area contributed by atoms with Gasteiger partial charge in [0.15, 0.2) is 11.6 Å². The highest BCUT2D eigenvalue weighted by Gasteiger charge is 2.26. The van der Waals surface area contributed by atoms with Crippen LogP contribution in [-0.4, -0.2) is 30.4 Å². The van der Waals surface area contributed by atoms with Crippen LogP contribution in [0.3, 0.4) is 0 Å². The van der Waals surface area contributed by atoms with E-state index in [0.717, 1.165) is 31.4 Å². The summed E-state index contributed by atoms with van der Waals surface area (Å²) in [6, 6.07) is 1.94. The van der Waals surface area contributed by atoms with Crippen LogP contribution >= 0.6 is 28.3 Å². The third-order valence-corrected chi connectivity index (χ3v) is 4.28. The molecule has 3 nitrogen and oxygen atoms in total. The van der Waals surface area contributed by atoms with Crippen LogP contribution in [0.1, 0.15) is 29.6 Å². The zero-order valence-corrected chi connectivity index (χ0v) is 13.9. The van der Waals surface area contributed by atoms with Gasteiger partial charge in [-0.1, -0.05) is 0 Å². The number of carbonyl (C=O) groups is 1. The van der Waals surface area contributed by atoms with Crippen molar-refractivity contribution in [3.63, 3.8) is 0 Å². The lowest BCUT2D eigenvalue weighted by Crippen LogP contribution is -2.40. The fraction of sp³-hybridized carbons (Fsp3) is 0.500. The van der Waals surface area contributed by atoms with Gasteiger partial charge in [0.2, 0.25) is 0 Å². The van der Waals surface area contributed by atoms with Gasteiger partial charge in [0.1, 0.15) is 0 Å². The molecule has 1 unspecified atom stereocenters. The van der Waals surface area contributed by atoms with Gasteiger partial charge in [0.05, 0.1) is 5.56 Å². The molecule has 7 heteroatoms. The summed E-state index contributed by atoms with van der Waals surface area (Å²) in [7, 11) is 0. The maximum absolute atomic E-state index is 13.3. The second-order valence-electron chi connectivity index (χ2n) is 5.08. The van der Waals surface area contributed by atoms with Crippen molar-refractivity contribution in [1.29, 1.82) is 0 Å². The van der Waals surface area contributed by atoms with E-state index in [1.54, 1.807) is 4.90 Å². The number of benzene rings is 1. The van der Waals surface area contributed by atoms with Crippen LogP contribution in [-0.2, 0) is 0 Å². The van der Waals surface area contributed by atoms with Crippen molar-refractivity contribution < 1.29 is 13.6 Å². The third kappa shape index (κ3) is 4.37. The molecule has 1 saturated heterocycles. The Kier molecular flexibility index (Phi) is 7.03. The van der Waals surface area contributed by atoms with Gasteiger partial charge in [0.25, 0.3) is 5.91 Å². The Hall–Kier alpha value is -0.720. The summed E-state index contributed by atoms with van der Waals surface area (Å²) >= 11 is 3.12. The summed E-state index contributed by atoms with van der Waals surface area (Å²) in [5, 5.41) is 0. The minimum atomic E-state index is -1.01. The molecule has 0 saturated carbocycles. The molecule has 1 atom stereocenters. The number of carbonyl (C=O) groups excluding carboxylic acids is 1. The van der Waals surface area contributed by atoms with Crippen LogP contribution in [0.2, 0.25) is 0 Å². The minimum Gasteiger partial charge on any atom is -0.338 e. The number of hydrogen-bond donors (Lipinski definition) is 1. The van der Waals surface area contributed by atoms with Gasteiger partial charge in [-0.25, -0.2) is 8.78 Å². The van der Waals surface area contributed by atoms with Gasteiger partial charge in [-0.15, -0.1) is 12.4 Å². The third-order valence-electron chi connectivity index (χ3n) is 3.62. The van der Waals surface area contributed by atoms with Crippen molar-refractivity contribution in [3.8, 4) is 0 Å². The number of nitrogens with two attached hydrogens (primary N) is 1. The second kappa shape index (κ2) is 8.06. The first-order valence-corrected chi connectivity index (χ1v) is 7.46. The second-order valence-corrected chi connectivity index (χ2v) is 5.94. The van der Waals surface area contributed by atoms with Crippen LogP contribution in [0.25, 0.3) is 0 Å². The minimum absolute atomic E-state index is 0. The number of piperidine rings is 1. The Morgan fingerprint density at radius 3 is 2.71 bits per heavy atom. The van der Waals surface area contributed by atoms with E-state index in [-0.39, 0.29) is 28.4 Å². The van der Waals surface area contributed by atoms with Crippen LogP contribution in [0.5, 0.6) is 0 Å². The molecule has 0 spiro atoms. The Morgan fingerprint density at radius 1 is 1.38 bits per heavy atom. The highest BCUT2D eigenvalue weighted by Crippen LogP contribution is 2.25. The molecule has 1 fully saturated rings. The summed E-state index contributed by atoms with van der Waals surface area (Å²) in [5.41, 5.74) is 5.71. The van der Waals surface area contributed by atoms with Crippen molar-refractivity contribution in [2.24, 2.45) is 11.7 Å². The SMILES string of the molecule is Cl.NCCC1CCCN(C(=O)c2cc(F)c(F)cc2Br)C1. The molecular formula is C14H18BrClF2N2O. The summed E-state index contributed by atoms with van der Waals surface area (Å²) in [6.45, 7) is 1.87. The van der Waals surface area contributed by atoms with Crippen molar-refractivity contribution in [2.45, 2.75) is 19.3 Å². The molecule has 0 aliphatic carbocycles. The van der Waals surface area contributed by atoms with Gasteiger partial charge in [-0.05, 0) is 59.8 Å². The monoisotopic (exact) mass is 382 g/mol. The molecule has 1 aliphatic heterocycles. The molecule has 2 rings (SSSR count). The van der Waals surface area contributed by atoms with E-state index in [0.29, 0.717) is 25.6 Å². The molecule has 1 aliphatic rings. The predicted octanol–water partition coefficient (Wildman–Crippen LogP) is 3.35.